The fourth-order valence-electron chi connectivity index (χ4n) is 2.34. The molecule has 0 heterocycles. The molecular formula is C19H19Cl2NO5S. The number of benzene rings is 2. The summed E-state index contributed by atoms with van der Waals surface area (Å²) >= 11 is 12.0. The number of carbonyl (C=O) groups is 2. The smallest absolute Gasteiger partial charge is 0.326 e. The molecule has 0 saturated carbocycles. The fraction of sp³-hybridized carbons (Fsp3) is 0.263. The second-order valence-corrected chi connectivity index (χ2v) is 8.56. The molecule has 9 heteroatoms. The highest BCUT2D eigenvalue weighted by atomic mass is 35.5. The fourth-order valence-corrected chi connectivity index (χ4v) is 4.03. The molecule has 0 fully saturated rings. The van der Waals surface area contributed by atoms with Crippen molar-refractivity contribution in [3.05, 3.63) is 64.7 Å². The van der Waals surface area contributed by atoms with Crippen LogP contribution in [0.5, 0.6) is 0 Å². The van der Waals surface area contributed by atoms with Crippen molar-refractivity contribution in [2.24, 2.45) is 0 Å². The Morgan fingerprint density at radius 2 is 1.64 bits per heavy atom. The van der Waals surface area contributed by atoms with Gasteiger partial charge in [-0.1, -0.05) is 29.3 Å². The molecule has 0 spiro atoms. The highest BCUT2D eigenvalue weighted by Crippen LogP contribution is 2.19. The van der Waals surface area contributed by atoms with Crippen LogP contribution in [0.15, 0.2) is 53.4 Å². The van der Waals surface area contributed by atoms with Crippen molar-refractivity contribution in [3.8, 4) is 0 Å². The van der Waals surface area contributed by atoms with Gasteiger partial charge in [-0.2, -0.15) is 4.72 Å². The summed E-state index contributed by atoms with van der Waals surface area (Å²) in [6.45, 7) is 3.37. The predicted molar refractivity (Wildman–Crippen MR) is 107 cm³/mol. The molecule has 2 aromatic rings. The number of rotatable bonds is 8. The Bertz CT molecular complexity index is 943. The van der Waals surface area contributed by atoms with Gasteiger partial charge in [-0.15, -0.1) is 11.6 Å². The van der Waals surface area contributed by atoms with Gasteiger partial charge >= 0.3 is 5.97 Å². The van der Waals surface area contributed by atoms with Crippen molar-refractivity contribution in [1.29, 1.82) is 0 Å². The molecular weight excluding hydrogens is 425 g/mol. The summed E-state index contributed by atoms with van der Waals surface area (Å²) in [5.74, 6) is -1.58. The molecule has 0 bridgehead atoms. The van der Waals surface area contributed by atoms with E-state index in [1.165, 1.54) is 36.4 Å². The molecule has 2 rings (SSSR count). The average molecular weight is 444 g/mol. The lowest BCUT2D eigenvalue weighted by Gasteiger charge is -2.21. The minimum absolute atomic E-state index is 0.000334. The van der Waals surface area contributed by atoms with Crippen LogP contribution in [0.1, 0.15) is 22.8 Å². The third-order valence-electron chi connectivity index (χ3n) is 3.83. The molecule has 2 atom stereocenters. The molecule has 0 aliphatic carbocycles. The van der Waals surface area contributed by atoms with Crippen LogP contribution < -0.4 is 4.72 Å². The minimum atomic E-state index is -4.12. The normalized spacial score (nSPS) is 13.6. The van der Waals surface area contributed by atoms with Crippen molar-refractivity contribution in [2.75, 3.05) is 6.61 Å². The number of sulfonamides is 1. The van der Waals surface area contributed by atoms with E-state index in [9.17, 15) is 18.0 Å². The molecule has 0 aliphatic rings. The zero-order valence-corrected chi connectivity index (χ0v) is 17.5. The molecule has 0 saturated heterocycles. The average Bonchev–Trinajstić information content (AvgIpc) is 2.66. The Morgan fingerprint density at radius 3 is 2.18 bits per heavy atom. The maximum absolute atomic E-state index is 12.7. The van der Waals surface area contributed by atoms with Gasteiger partial charge in [0.25, 0.3) is 0 Å². The number of hydrogen-bond acceptors (Lipinski definition) is 5. The number of esters is 1. The maximum Gasteiger partial charge on any atom is 0.326 e. The van der Waals surface area contributed by atoms with E-state index in [1.54, 1.807) is 19.1 Å². The predicted octanol–water partition coefficient (Wildman–Crippen LogP) is 3.35. The maximum atomic E-state index is 12.7. The summed E-state index contributed by atoms with van der Waals surface area (Å²) in [6, 6.07) is 10.3. The Morgan fingerprint density at radius 1 is 1.07 bits per heavy atom. The molecule has 2 aromatic carbocycles. The quantitative estimate of drug-likeness (QED) is 0.383. The van der Waals surface area contributed by atoms with E-state index in [0.717, 1.165) is 5.56 Å². The molecule has 0 unspecified atom stereocenters. The Balaban J connectivity index is 2.33. The first-order valence-electron chi connectivity index (χ1n) is 8.35. The molecule has 1 N–H and O–H groups in total. The lowest BCUT2D eigenvalue weighted by Crippen LogP contribution is -2.50. The second-order valence-electron chi connectivity index (χ2n) is 5.94. The summed E-state index contributed by atoms with van der Waals surface area (Å²) < 4.78 is 32.4. The SMILES string of the molecule is CCOC(=O)[C@@H](NS(=O)(=O)c1ccc(C)cc1)[C@@H](Cl)C(=O)c1ccc(Cl)cc1. The first kappa shape index (κ1) is 22.4. The summed E-state index contributed by atoms with van der Waals surface area (Å²) in [6.07, 6.45) is 0. The van der Waals surface area contributed by atoms with Gasteiger partial charge in [-0.05, 0) is 50.2 Å². The van der Waals surface area contributed by atoms with Gasteiger partial charge in [0.05, 0.1) is 11.5 Å². The van der Waals surface area contributed by atoms with E-state index in [-0.39, 0.29) is 17.1 Å². The zero-order valence-electron chi connectivity index (χ0n) is 15.2. The Hall–Kier alpha value is -1.93. The van der Waals surface area contributed by atoms with Crippen molar-refractivity contribution in [2.45, 2.75) is 30.2 Å². The third-order valence-corrected chi connectivity index (χ3v) is 5.98. The third kappa shape index (κ3) is 5.54. The van der Waals surface area contributed by atoms with E-state index in [1.807, 2.05) is 6.92 Å². The van der Waals surface area contributed by atoms with Gasteiger partial charge in [-0.25, -0.2) is 8.42 Å². The topological polar surface area (TPSA) is 89.5 Å². The van der Waals surface area contributed by atoms with E-state index < -0.39 is 33.2 Å². The van der Waals surface area contributed by atoms with E-state index in [2.05, 4.69) is 4.72 Å². The first-order chi connectivity index (χ1) is 13.2. The van der Waals surface area contributed by atoms with Gasteiger partial charge in [0.1, 0.15) is 11.4 Å². The standard InChI is InChI=1S/C19H19Cl2NO5S/c1-3-27-19(24)17(16(21)18(23)13-6-8-14(20)9-7-13)22-28(25,26)15-10-4-12(2)5-11-15/h4-11,16-17,22H,3H2,1-2H3/t16-,17+/m1/s1. The highest BCUT2D eigenvalue weighted by Gasteiger charge is 2.37. The number of ketones is 1. The van der Waals surface area contributed by atoms with Crippen LogP contribution in [0.25, 0.3) is 0 Å². The van der Waals surface area contributed by atoms with Gasteiger partial charge in [0.2, 0.25) is 10.0 Å². The van der Waals surface area contributed by atoms with Crippen molar-refractivity contribution < 1.29 is 22.7 Å². The van der Waals surface area contributed by atoms with Crippen molar-refractivity contribution >= 4 is 45.0 Å². The van der Waals surface area contributed by atoms with E-state index >= 15 is 0 Å². The number of halogens is 2. The van der Waals surface area contributed by atoms with Crippen LogP contribution in [-0.2, 0) is 19.6 Å². The highest BCUT2D eigenvalue weighted by molar-refractivity contribution is 7.89. The van der Waals surface area contributed by atoms with E-state index in [0.29, 0.717) is 5.02 Å². The number of alkyl halides is 1. The summed E-state index contributed by atoms with van der Waals surface area (Å²) in [4.78, 5) is 24.9. The van der Waals surface area contributed by atoms with Crippen LogP contribution in [0.2, 0.25) is 5.02 Å². The molecule has 6 nitrogen and oxygen atoms in total. The number of ether oxygens (including phenoxy) is 1. The molecule has 150 valence electrons. The first-order valence-corrected chi connectivity index (χ1v) is 10.6. The van der Waals surface area contributed by atoms with Crippen LogP contribution in [0.4, 0.5) is 0 Å². The summed E-state index contributed by atoms with van der Waals surface area (Å²) in [7, 11) is -4.12. The number of carbonyl (C=O) groups excluding carboxylic acids is 2. The Kier molecular flexibility index (Phi) is 7.60. The molecule has 0 aliphatic heterocycles. The zero-order chi connectivity index (χ0) is 20.9. The van der Waals surface area contributed by atoms with Crippen molar-refractivity contribution in [3.63, 3.8) is 0 Å². The van der Waals surface area contributed by atoms with Gasteiger partial charge < -0.3 is 4.74 Å². The number of hydrogen-bond donors (Lipinski definition) is 1. The molecule has 0 amide bonds. The van der Waals surface area contributed by atoms with Gasteiger partial charge in [0.15, 0.2) is 5.78 Å². The molecule has 28 heavy (non-hydrogen) atoms. The Labute approximate surface area is 173 Å². The minimum Gasteiger partial charge on any atom is -0.465 e. The lowest BCUT2D eigenvalue weighted by molar-refractivity contribution is -0.144. The lowest BCUT2D eigenvalue weighted by atomic mass is 10.0. The summed E-state index contributed by atoms with van der Waals surface area (Å²) in [5, 5.41) is -1.09. The largest absolute Gasteiger partial charge is 0.465 e. The van der Waals surface area contributed by atoms with Crippen molar-refractivity contribution in [1.82, 2.24) is 4.72 Å². The van der Waals surface area contributed by atoms with Crippen LogP contribution in [0.3, 0.4) is 0 Å². The monoisotopic (exact) mass is 443 g/mol. The van der Waals surface area contributed by atoms with Gasteiger partial charge in [-0.3, -0.25) is 9.59 Å². The van der Waals surface area contributed by atoms with Crippen LogP contribution in [-0.4, -0.2) is 38.2 Å². The van der Waals surface area contributed by atoms with Crippen LogP contribution >= 0.6 is 23.2 Å². The molecule has 0 aromatic heterocycles. The van der Waals surface area contributed by atoms with Crippen LogP contribution in [0, 0.1) is 6.92 Å². The number of aryl methyl sites for hydroxylation is 1. The number of nitrogens with one attached hydrogen (secondary N) is 1. The number of Topliss-reactive ketones (excluding diaryl/α,β-unsaturated/α-hetero) is 1. The molecule has 0 radical (unpaired) electrons. The van der Waals surface area contributed by atoms with Gasteiger partial charge in [0, 0.05) is 10.6 Å². The summed E-state index contributed by atoms with van der Waals surface area (Å²) in [5.41, 5.74) is 1.06. The second kappa shape index (κ2) is 9.52. The van der Waals surface area contributed by atoms with E-state index in [4.69, 9.17) is 27.9 Å².